The highest BCUT2D eigenvalue weighted by atomic mass is 35.5. The first kappa shape index (κ1) is 18.3. The summed E-state index contributed by atoms with van der Waals surface area (Å²) < 4.78 is 7.11. The van der Waals surface area contributed by atoms with Crippen molar-refractivity contribution in [2.24, 2.45) is 0 Å². The first-order valence-corrected chi connectivity index (χ1v) is 9.15. The fourth-order valence-corrected chi connectivity index (χ4v) is 3.01. The van der Waals surface area contributed by atoms with Gasteiger partial charge in [0.1, 0.15) is 12.2 Å². The Morgan fingerprint density at radius 3 is 2.61 bits per heavy atom. The van der Waals surface area contributed by atoms with Crippen LogP contribution in [-0.2, 0) is 11.3 Å². The van der Waals surface area contributed by atoms with Crippen molar-refractivity contribution in [1.82, 2.24) is 14.7 Å². The van der Waals surface area contributed by atoms with Crippen LogP contribution in [-0.4, -0.2) is 20.6 Å². The summed E-state index contributed by atoms with van der Waals surface area (Å²) in [6.07, 6.45) is 1.77. The van der Waals surface area contributed by atoms with Gasteiger partial charge in [0.05, 0.1) is 10.7 Å². The molecule has 0 unspecified atom stereocenters. The summed E-state index contributed by atoms with van der Waals surface area (Å²) in [4.78, 5) is 16.8. The van der Waals surface area contributed by atoms with E-state index < -0.39 is 0 Å². The second kappa shape index (κ2) is 7.88. The van der Waals surface area contributed by atoms with Gasteiger partial charge in [-0.05, 0) is 48.5 Å². The number of amides is 1. The Hall–Kier alpha value is -3.09. The number of para-hydroxylation sites is 1. The lowest BCUT2D eigenvalue weighted by Crippen LogP contribution is -2.19. The van der Waals surface area contributed by atoms with E-state index in [2.05, 4.69) is 15.5 Å². The fourth-order valence-electron chi connectivity index (χ4n) is 2.70. The molecule has 0 aliphatic heterocycles. The number of rotatable bonds is 5. The molecule has 0 aliphatic carbocycles. The molecular weight excluding hydrogens is 399 g/mol. The molecule has 140 valence electrons. The van der Waals surface area contributed by atoms with Gasteiger partial charge in [-0.1, -0.05) is 40.5 Å². The van der Waals surface area contributed by atoms with Crippen molar-refractivity contribution in [3.63, 3.8) is 0 Å². The average Bonchev–Trinajstić information content (AvgIpc) is 3.33. The fraction of sp³-hybridized carbons (Fsp3) is 0.0500. The number of carbonyl (C=O) groups excluding carboxylic acids is 1. The number of carbonyl (C=O) groups is 1. The lowest BCUT2D eigenvalue weighted by atomic mass is 10.2. The lowest BCUT2D eigenvalue weighted by Gasteiger charge is -2.09. The van der Waals surface area contributed by atoms with Crippen molar-refractivity contribution in [2.75, 3.05) is 5.32 Å². The Kier molecular flexibility index (Phi) is 5.14. The van der Waals surface area contributed by atoms with E-state index in [1.807, 2.05) is 24.3 Å². The second-order valence-corrected chi connectivity index (χ2v) is 6.82. The molecule has 1 amide bonds. The summed E-state index contributed by atoms with van der Waals surface area (Å²) in [5, 5.41) is 7.91. The summed E-state index contributed by atoms with van der Waals surface area (Å²) in [5.74, 6) is 0.545. The van der Waals surface area contributed by atoms with Crippen LogP contribution in [0.4, 0.5) is 5.69 Å². The Bertz CT molecular complexity index is 1120. The van der Waals surface area contributed by atoms with E-state index in [0.717, 1.165) is 5.56 Å². The summed E-state index contributed by atoms with van der Waals surface area (Å²) in [6.45, 7) is 0.0756. The van der Waals surface area contributed by atoms with E-state index in [0.29, 0.717) is 33.1 Å². The molecule has 2 aromatic heterocycles. The van der Waals surface area contributed by atoms with Crippen LogP contribution in [0.25, 0.3) is 23.0 Å². The maximum atomic E-state index is 12.4. The first-order valence-electron chi connectivity index (χ1n) is 8.40. The van der Waals surface area contributed by atoms with Crippen molar-refractivity contribution in [3.8, 4) is 23.0 Å². The molecule has 2 aromatic carbocycles. The van der Waals surface area contributed by atoms with Crippen molar-refractivity contribution < 1.29 is 9.32 Å². The SMILES string of the molecule is O=C(Cn1cccc1-c1nc(-c2ccc(Cl)cc2)no1)Nc1ccccc1Cl. The van der Waals surface area contributed by atoms with Crippen molar-refractivity contribution in [2.45, 2.75) is 6.54 Å². The van der Waals surface area contributed by atoms with E-state index >= 15 is 0 Å². The number of anilines is 1. The first-order chi connectivity index (χ1) is 13.6. The van der Waals surface area contributed by atoms with Crippen LogP contribution in [0.1, 0.15) is 0 Å². The third-order valence-electron chi connectivity index (χ3n) is 4.04. The zero-order chi connectivity index (χ0) is 19.5. The molecule has 4 aromatic rings. The number of hydrogen-bond donors (Lipinski definition) is 1. The van der Waals surface area contributed by atoms with Gasteiger partial charge >= 0.3 is 0 Å². The summed E-state index contributed by atoms with van der Waals surface area (Å²) in [5.41, 5.74) is 1.99. The molecular formula is C20H14Cl2N4O2. The summed E-state index contributed by atoms with van der Waals surface area (Å²) in [6, 6.07) is 17.8. The van der Waals surface area contributed by atoms with Gasteiger partial charge in [0.2, 0.25) is 11.7 Å². The highest BCUT2D eigenvalue weighted by Gasteiger charge is 2.16. The molecule has 0 saturated heterocycles. The number of hydrogen-bond acceptors (Lipinski definition) is 4. The van der Waals surface area contributed by atoms with E-state index in [4.69, 9.17) is 27.7 Å². The molecule has 2 heterocycles. The molecule has 0 spiro atoms. The molecule has 0 radical (unpaired) electrons. The minimum atomic E-state index is -0.219. The summed E-state index contributed by atoms with van der Waals surface area (Å²) in [7, 11) is 0. The Labute approximate surface area is 170 Å². The van der Waals surface area contributed by atoms with Gasteiger partial charge in [-0.15, -0.1) is 0 Å². The van der Waals surface area contributed by atoms with Crippen molar-refractivity contribution in [3.05, 3.63) is 76.9 Å². The third kappa shape index (κ3) is 3.93. The van der Waals surface area contributed by atoms with E-state index in [1.54, 1.807) is 47.2 Å². The van der Waals surface area contributed by atoms with Crippen LogP contribution in [0, 0.1) is 0 Å². The predicted octanol–water partition coefficient (Wildman–Crippen LogP) is 5.15. The Morgan fingerprint density at radius 2 is 1.82 bits per heavy atom. The molecule has 1 N–H and O–H groups in total. The molecule has 0 atom stereocenters. The van der Waals surface area contributed by atoms with Gasteiger partial charge in [0, 0.05) is 16.8 Å². The predicted molar refractivity (Wildman–Crippen MR) is 108 cm³/mol. The topological polar surface area (TPSA) is 73.0 Å². The van der Waals surface area contributed by atoms with Gasteiger partial charge in [-0.25, -0.2) is 0 Å². The maximum Gasteiger partial charge on any atom is 0.274 e. The quantitative estimate of drug-likeness (QED) is 0.491. The molecule has 0 bridgehead atoms. The highest BCUT2D eigenvalue weighted by molar-refractivity contribution is 6.33. The maximum absolute atomic E-state index is 12.4. The molecule has 6 nitrogen and oxygen atoms in total. The minimum absolute atomic E-state index is 0.0756. The number of benzene rings is 2. The van der Waals surface area contributed by atoms with Crippen LogP contribution in [0.2, 0.25) is 10.0 Å². The average molecular weight is 413 g/mol. The van der Waals surface area contributed by atoms with Crippen molar-refractivity contribution >= 4 is 34.8 Å². The van der Waals surface area contributed by atoms with Crippen LogP contribution in [0.5, 0.6) is 0 Å². The lowest BCUT2D eigenvalue weighted by molar-refractivity contribution is -0.116. The van der Waals surface area contributed by atoms with Gasteiger partial charge < -0.3 is 14.4 Å². The zero-order valence-corrected chi connectivity index (χ0v) is 16.0. The Morgan fingerprint density at radius 1 is 1.04 bits per heavy atom. The minimum Gasteiger partial charge on any atom is -0.334 e. The largest absolute Gasteiger partial charge is 0.334 e. The van der Waals surface area contributed by atoms with Gasteiger partial charge in [-0.2, -0.15) is 4.98 Å². The van der Waals surface area contributed by atoms with Crippen LogP contribution in [0.15, 0.2) is 71.4 Å². The van der Waals surface area contributed by atoms with E-state index in [9.17, 15) is 4.79 Å². The normalized spacial score (nSPS) is 10.8. The van der Waals surface area contributed by atoms with E-state index in [1.165, 1.54) is 0 Å². The number of aromatic nitrogens is 3. The molecule has 8 heteroatoms. The van der Waals surface area contributed by atoms with Gasteiger partial charge in [-0.3, -0.25) is 4.79 Å². The number of nitrogens with zero attached hydrogens (tertiary/aromatic N) is 3. The molecule has 4 rings (SSSR count). The monoisotopic (exact) mass is 412 g/mol. The second-order valence-electron chi connectivity index (χ2n) is 5.98. The zero-order valence-electron chi connectivity index (χ0n) is 14.5. The molecule has 0 fully saturated rings. The molecule has 0 aliphatic rings. The van der Waals surface area contributed by atoms with Crippen molar-refractivity contribution in [1.29, 1.82) is 0 Å². The number of nitrogens with one attached hydrogen (secondary N) is 1. The Balaban J connectivity index is 1.52. The summed E-state index contributed by atoms with van der Waals surface area (Å²) >= 11 is 12.0. The van der Waals surface area contributed by atoms with Gasteiger partial charge in [0.15, 0.2) is 0 Å². The molecule has 0 saturated carbocycles. The van der Waals surface area contributed by atoms with Gasteiger partial charge in [0.25, 0.3) is 5.89 Å². The third-order valence-corrected chi connectivity index (χ3v) is 4.62. The van der Waals surface area contributed by atoms with Crippen LogP contribution in [0.3, 0.4) is 0 Å². The molecule has 28 heavy (non-hydrogen) atoms. The smallest absolute Gasteiger partial charge is 0.274 e. The van der Waals surface area contributed by atoms with Crippen LogP contribution >= 0.6 is 23.2 Å². The van der Waals surface area contributed by atoms with Crippen LogP contribution < -0.4 is 5.32 Å². The standard InChI is InChI=1S/C20H14Cl2N4O2/c21-14-9-7-13(8-10-14)19-24-20(28-25-19)17-6-3-11-26(17)12-18(27)23-16-5-2-1-4-15(16)22/h1-11H,12H2,(H,23,27). The highest BCUT2D eigenvalue weighted by Crippen LogP contribution is 2.24. The van der Waals surface area contributed by atoms with E-state index in [-0.39, 0.29) is 12.5 Å². The number of halogens is 2.